The highest BCUT2D eigenvalue weighted by molar-refractivity contribution is 5.84. The summed E-state index contributed by atoms with van der Waals surface area (Å²) < 4.78 is 0. The average Bonchev–Trinajstić information content (AvgIpc) is 2.00. The lowest BCUT2D eigenvalue weighted by Crippen LogP contribution is -2.52. The van der Waals surface area contributed by atoms with Gasteiger partial charge in [-0.25, -0.2) is 0 Å². The van der Waals surface area contributed by atoms with E-state index in [4.69, 9.17) is 10.2 Å². The topological polar surface area (TPSA) is 77.8 Å². The number of amides is 1. The molecular weight excluding hydrogens is 198 g/mol. The number of carboxylic acids is 1. The molecule has 1 amide bonds. The van der Waals surface area contributed by atoms with Crippen LogP contribution in [-0.2, 0) is 9.59 Å². The molecule has 5 heteroatoms. The zero-order valence-electron chi connectivity index (χ0n) is 9.06. The number of carbonyl (C=O) groups is 2. The van der Waals surface area contributed by atoms with Gasteiger partial charge in [-0.2, -0.15) is 0 Å². The highest BCUT2D eigenvalue weighted by Crippen LogP contribution is 2.24. The Morgan fingerprint density at radius 3 is 2.33 bits per heavy atom. The second kappa shape index (κ2) is 4.18. The number of aliphatic carboxylic acids is 1. The highest BCUT2D eigenvalue weighted by Gasteiger charge is 2.36. The monoisotopic (exact) mass is 215 g/mol. The Morgan fingerprint density at radius 2 is 1.93 bits per heavy atom. The number of carboxylic acid groups (broad SMARTS) is 1. The highest BCUT2D eigenvalue weighted by atomic mass is 16.4. The summed E-state index contributed by atoms with van der Waals surface area (Å²) in [5, 5.41) is 17.6. The average molecular weight is 215 g/mol. The summed E-state index contributed by atoms with van der Waals surface area (Å²) in [5.74, 6) is -0.941. The molecule has 0 aromatic rings. The third-order valence-electron chi connectivity index (χ3n) is 2.74. The van der Waals surface area contributed by atoms with E-state index in [0.717, 1.165) is 0 Å². The number of hydrogen-bond donors (Lipinski definition) is 2. The molecule has 0 aromatic carbocycles. The number of aliphatic hydroxyl groups excluding tert-OH is 1. The van der Waals surface area contributed by atoms with E-state index in [1.807, 2.05) is 0 Å². The first-order chi connectivity index (χ1) is 6.86. The van der Waals surface area contributed by atoms with Gasteiger partial charge in [0, 0.05) is 32.0 Å². The number of rotatable bonds is 4. The molecule has 0 aliphatic carbocycles. The Balaban J connectivity index is 2.41. The van der Waals surface area contributed by atoms with E-state index >= 15 is 0 Å². The van der Waals surface area contributed by atoms with Crippen LogP contribution in [0.5, 0.6) is 0 Å². The van der Waals surface area contributed by atoms with E-state index < -0.39 is 11.4 Å². The number of likely N-dealkylation sites (tertiary alicyclic amines) is 1. The van der Waals surface area contributed by atoms with Crippen molar-refractivity contribution in [2.75, 3.05) is 19.7 Å². The van der Waals surface area contributed by atoms with E-state index in [0.29, 0.717) is 13.1 Å². The fraction of sp³-hybridized carbons (Fsp3) is 0.800. The summed E-state index contributed by atoms with van der Waals surface area (Å²) in [7, 11) is 0. The number of carbonyl (C=O) groups excluding carboxylic acids is 1. The number of nitrogens with zero attached hydrogens (tertiary/aromatic N) is 1. The van der Waals surface area contributed by atoms with Gasteiger partial charge in [-0.1, -0.05) is 0 Å². The van der Waals surface area contributed by atoms with Gasteiger partial charge in [-0.3, -0.25) is 9.59 Å². The largest absolute Gasteiger partial charge is 0.481 e. The molecule has 5 nitrogen and oxygen atoms in total. The van der Waals surface area contributed by atoms with E-state index in [-0.39, 0.29) is 24.9 Å². The molecule has 1 aliphatic rings. The Bertz CT molecular complexity index is 269. The SMILES string of the molecule is CC(C)(CC(=O)N1CC(CO)C1)C(=O)O. The van der Waals surface area contributed by atoms with Crippen LogP contribution >= 0.6 is 0 Å². The maximum Gasteiger partial charge on any atom is 0.309 e. The minimum atomic E-state index is -1.01. The second-order valence-electron chi connectivity index (χ2n) is 4.71. The maximum absolute atomic E-state index is 11.6. The smallest absolute Gasteiger partial charge is 0.309 e. The van der Waals surface area contributed by atoms with Crippen molar-refractivity contribution in [3.05, 3.63) is 0 Å². The first-order valence-corrected chi connectivity index (χ1v) is 4.99. The molecule has 0 radical (unpaired) electrons. The molecule has 15 heavy (non-hydrogen) atoms. The van der Waals surface area contributed by atoms with Crippen LogP contribution in [0.1, 0.15) is 20.3 Å². The standard InChI is InChI=1S/C10H17NO4/c1-10(2,9(14)15)3-8(13)11-4-7(5-11)6-12/h7,12H,3-6H2,1-2H3,(H,14,15). The lowest BCUT2D eigenvalue weighted by Gasteiger charge is -2.39. The Hall–Kier alpha value is -1.10. The van der Waals surface area contributed by atoms with Crippen molar-refractivity contribution in [1.82, 2.24) is 4.90 Å². The molecule has 1 saturated heterocycles. The van der Waals surface area contributed by atoms with Crippen molar-refractivity contribution in [3.63, 3.8) is 0 Å². The first-order valence-electron chi connectivity index (χ1n) is 4.99. The lowest BCUT2D eigenvalue weighted by molar-refractivity contribution is -0.153. The van der Waals surface area contributed by atoms with Crippen LogP contribution in [-0.4, -0.2) is 46.7 Å². The summed E-state index contributed by atoms with van der Waals surface area (Å²) in [5.41, 5.74) is -1.01. The van der Waals surface area contributed by atoms with Gasteiger partial charge in [0.25, 0.3) is 0 Å². The molecular formula is C10H17NO4. The van der Waals surface area contributed by atoms with Crippen molar-refractivity contribution in [2.45, 2.75) is 20.3 Å². The molecule has 86 valence electrons. The predicted octanol–water partition coefficient (Wildman–Crippen LogP) is -0.0620. The second-order valence-corrected chi connectivity index (χ2v) is 4.71. The molecule has 1 rings (SSSR count). The maximum atomic E-state index is 11.6. The van der Waals surface area contributed by atoms with Crippen LogP contribution in [0.3, 0.4) is 0 Å². The molecule has 0 saturated carbocycles. The number of hydrogen-bond acceptors (Lipinski definition) is 3. The summed E-state index contributed by atoms with van der Waals surface area (Å²) >= 11 is 0. The van der Waals surface area contributed by atoms with Crippen LogP contribution in [0.2, 0.25) is 0 Å². The number of aliphatic hydroxyl groups is 1. The van der Waals surface area contributed by atoms with E-state index in [2.05, 4.69) is 0 Å². The van der Waals surface area contributed by atoms with Crippen LogP contribution in [0.25, 0.3) is 0 Å². The molecule has 0 unspecified atom stereocenters. The van der Waals surface area contributed by atoms with Crippen LogP contribution in [0, 0.1) is 11.3 Å². The fourth-order valence-electron chi connectivity index (χ4n) is 1.45. The molecule has 0 aromatic heterocycles. The normalized spacial score (nSPS) is 17.4. The summed E-state index contributed by atoms with van der Waals surface area (Å²) in [6.45, 7) is 4.26. The van der Waals surface area contributed by atoms with Gasteiger partial charge in [0.05, 0.1) is 5.41 Å². The lowest BCUT2D eigenvalue weighted by atomic mass is 9.88. The van der Waals surface area contributed by atoms with Gasteiger partial charge >= 0.3 is 5.97 Å². The summed E-state index contributed by atoms with van der Waals surface area (Å²) in [4.78, 5) is 24.0. The minimum absolute atomic E-state index is 0.0144. The molecule has 1 heterocycles. The van der Waals surface area contributed by atoms with Crippen molar-refractivity contribution in [2.24, 2.45) is 11.3 Å². The van der Waals surface area contributed by atoms with Crippen LogP contribution in [0.4, 0.5) is 0 Å². The van der Waals surface area contributed by atoms with Crippen molar-refractivity contribution >= 4 is 11.9 Å². The van der Waals surface area contributed by atoms with Gasteiger partial charge in [-0.05, 0) is 13.8 Å². The van der Waals surface area contributed by atoms with Crippen molar-refractivity contribution in [1.29, 1.82) is 0 Å². The minimum Gasteiger partial charge on any atom is -0.481 e. The van der Waals surface area contributed by atoms with Gasteiger partial charge in [0.15, 0.2) is 0 Å². The molecule has 1 fully saturated rings. The third-order valence-corrected chi connectivity index (χ3v) is 2.74. The Morgan fingerprint density at radius 1 is 1.40 bits per heavy atom. The quantitative estimate of drug-likeness (QED) is 0.688. The van der Waals surface area contributed by atoms with Gasteiger partial charge in [0.1, 0.15) is 0 Å². The molecule has 0 atom stereocenters. The van der Waals surface area contributed by atoms with E-state index in [9.17, 15) is 9.59 Å². The van der Waals surface area contributed by atoms with Gasteiger partial charge < -0.3 is 15.1 Å². The van der Waals surface area contributed by atoms with Gasteiger partial charge in [0.2, 0.25) is 5.91 Å². The predicted molar refractivity (Wildman–Crippen MR) is 53.2 cm³/mol. The van der Waals surface area contributed by atoms with Crippen molar-refractivity contribution < 1.29 is 19.8 Å². The molecule has 0 spiro atoms. The Labute approximate surface area is 88.7 Å². The Kier molecular flexibility index (Phi) is 3.34. The summed E-state index contributed by atoms with van der Waals surface area (Å²) in [6.07, 6.45) is 0.0144. The molecule has 2 N–H and O–H groups in total. The zero-order chi connectivity index (χ0) is 11.6. The molecule has 0 bridgehead atoms. The fourth-order valence-corrected chi connectivity index (χ4v) is 1.45. The van der Waals surface area contributed by atoms with E-state index in [1.165, 1.54) is 13.8 Å². The van der Waals surface area contributed by atoms with Crippen molar-refractivity contribution in [3.8, 4) is 0 Å². The van der Waals surface area contributed by atoms with Gasteiger partial charge in [-0.15, -0.1) is 0 Å². The zero-order valence-corrected chi connectivity index (χ0v) is 9.06. The molecule has 1 aliphatic heterocycles. The van der Waals surface area contributed by atoms with Crippen LogP contribution < -0.4 is 0 Å². The third kappa shape index (κ3) is 2.68. The van der Waals surface area contributed by atoms with E-state index in [1.54, 1.807) is 4.90 Å². The first kappa shape index (κ1) is 12.0. The van der Waals surface area contributed by atoms with Crippen LogP contribution in [0.15, 0.2) is 0 Å². The summed E-state index contributed by atoms with van der Waals surface area (Å²) in [6, 6.07) is 0.